The molecule has 2 aromatic rings. The van der Waals surface area contributed by atoms with Gasteiger partial charge in [0.1, 0.15) is 0 Å². The van der Waals surface area contributed by atoms with Crippen LogP contribution in [0.3, 0.4) is 0 Å². The van der Waals surface area contributed by atoms with Crippen molar-refractivity contribution < 1.29 is 0 Å². The summed E-state index contributed by atoms with van der Waals surface area (Å²) in [5.74, 6) is 0.655. The Morgan fingerprint density at radius 2 is 1.21 bits per heavy atom. The second kappa shape index (κ2) is 6.91. The van der Waals surface area contributed by atoms with E-state index in [-0.39, 0.29) is 0 Å². The lowest BCUT2D eigenvalue weighted by Crippen LogP contribution is -2.11. The van der Waals surface area contributed by atoms with Crippen LogP contribution in [0.15, 0.2) is 48.5 Å². The molecule has 2 rings (SSSR count). The van der Waals surface area contributed by atoms with E-state index in [9.17, 15) is 0 Å². The number of hydrogen-bond acceptors (Lipinski definition) is 0. The third kappa shape index (κ3) is 3.94. The molecule has 0 atom stereocenters. The Bertz CT molecular complexity index is 483. The third-order valence-electron chi connectivity index (χ3n) is 3.76. The van der Waals surface area contributed by atoms with Crippen molar-refractivity contribution in [3.05, 3.63) is 70.8 Å². The van der Waals surface area contributed by atoms with Gasteiger partial charge in [-0.25, -0.2) is 0 Å². The summed E-state index contributed by atoms with van der Waals surface area (Å²) in [6.45, 7) is 4.41. The summed E-state index contributed by atoms with van der Waals surface area (Å²) in [5.41, 5.74) is 5.75. The van der Waals surface area contributed by atoms with Gasteiger partial charge in [-0.3, -0.25) is 0 Å². The van der Waals surface area contributed by atoms with Gasteiger partial charge >= 0.3 is 0 Å². The summed E-state index contributed by atoms with van der Waals surface area (Å²) in [4.78, 5) is 0. The van der Waals surface area contributed by atoms with Crippen molar-refractivity contribution in [1.82, 2.24) is 0 Å². The van der Waals surface area contributed by atoms with E-state index in [0.717, 1.165) is 18.2 Å². The smallest absolute Gasteiger partial charge is 0.00660 e. The fraction of sp³-hybridized carbons (Fsp3) is 0.333. The molecule has 0 aliphatic carbocycles. The molecule has 0 spiro atoms. The molecule has 19 heavy (non-hydrogen) atoms. The van der Waals surface area contributed by atoms with Gasteiger partial charge in [0.05, 0.1) is 0 Å². The van der Waals surface area contributed by atoms with E-state index >= 15 is 0 Å². The van der Waals surface area contributed by atoms with Crippen LogP contribution in [0.1, 0.15) is 22.3 Å². The van der Waals surface area contributed by atoms with Crippen molar-refractivity contribution in [1.29, 1.82) is 0 Å². The number of hydrogen-bond donors (Lipinski definition) is 0. The molecule has 0 aromatic heterocycles. The number of aryl methyl sites for hydroxylation is 2. The molecule has 0 fully saturated rings. The van der Waals surface area contributed by atoms with E-state index in [1.807, 2.05) is 0 Å². The van der Waals surface area contributed by atoms with Crippen LogP contribution in [-0.2, 0) is 12.8 Å². The van der Waals surface area contributed by atoms with Crippen molar-refractivity contribution in [2.45, 2.75) is 26.7 Å². The largest absolute Gasteiger partial charge is 0.0925 e. The lowest BCUT2D eigenvalue weighted by atomic mass is 9.91. The van der Waals surface area contributed by atoms with Crippen LogP contribution < -0.4 is 0 Å². The van der Waals surface area contributed by atoms with E-state index < -0.39 is 0 Å². The van der Waals surface area contributed by atoms with E-state index in [4.69, 9.17) is 0 Å². The number of rotatable bonds is 5. The third-order valence-corrected chi connectivity index (χ3v) is 4.67. The van der Waals surface area contributed by atoms with Crippen molar-refractivity contribution in [3.63, 3.8) is 0 Å². The molecule has 2 aromatic carbocycles. The van der Waals surface area contributed by atoms with Gasteiger partial charge in [-0.2, -0.15) is 0 Å². The van der Waals surface area contributed by atoms with E-state index in [1.54, 1.807) is 0 Å². The number of halogens is 1. The molecule has 0 unspecified atom stereocenters. The number of benzene rings is 2. The second-order valence-corrected chi connectivity index (χ2v) is 5.93. The average molecular weight is 317 g/mol. The number of alkyl halides is 1. The maximum absolute atomic E-state index is 3.68. The fourth-order valence-electron chi connectivity index (χ4n) is 2.48. The Kier molecular flexibility index (Phi) is 5.21. The summed E-state index contributed by atoms with van der Waals surface area (Å²) in [6.07, 6.45) is 2.29. The van der Waals surface area contributed by atoms with Gasteiger partial charge < -0.3 is 0 Å². The van der Waals surface area contributed by atoms with Crippen LogP contribution in [0.4, 0.5) is 0 Å². The minimum atomic E-state index is 0.655. The maximum atomic E-state index is 3.68. The van der Waals surface area contributed by atoms with Crippen molar-refractivity contribution in [3.8, 4) is 0 Å². The van der Waals surface area contributed by atoms with Crippen molar-refractivity contribution >= 4 is 15.9 Å². The van der Waals surface area contributed by atoms with Gasteiger partial charge in [-0.15, -0.1) is 0 Å². The molecule has 0 heterocycles. The van der Waals surface area contributed by atoms with Gasteiger partial charge in [0, 0.05) is 5.33 Å². The molecule has 0 saturated carbocycles. The highest BCUT2D eigenvalue weighted by Crippen LogP contribution is 2.20. The summed E-state index contributed by atoms with van der Waals surface area (Å²) >= 11 is 3.68. The zero-order valence-corrected chi connectivity index (χ0v) is 13.3. The first-order valence-corrected chi connectivity index (χ1v) is 7.98. The molecular weight excluding hydrogens is 296 g/mol. The summed E-state index contributed by atoms with van der Waals surface area (Å²) < 4.78 is 0. The molecule has 0 bridgehead atoms. The van der Waals surface area contributed by atoms with E-state index in [1.165, 1.54) is 22.3 Å². The Labute approximate surface area is 125 Å². The standard InChI is InChI=1S/C18H21Br/c1-14-7-3-5-9-17(14)11-16(13-19)12-18-10-6-4-8-15(18)2/h3-10,16H,11-13H2,1-2H3. The summed E-state index contributed by atoms with van der Waals surface area (Å²) in [6, 6.07) is 17.4. The Balaban J connectivity index is 2.09. The lowest BCUT2D eigenvalue weighted by molar-refractivity contribution is 0.588. The summed E-state index contributed by atoms with van der Waals surface area (Å²) in [5, 5.41) is 1.05. The normalized spacial score (nSPS) is 10.9. The quantitative estimate of drug-likeness (QED) is 0.673. The first-order chi connectivity index (χ1) is 9.20. The van der Waals surface area contributed by atoms with Crippen LogP contribution in [-0.4, -0.2) is 5.33 Å². The zero-order valence-electron chi connectivity index (χ0n) is 11.7. The van der Waals surface area contributed by atoms with Crippen molar-refractivity contribution in [2.75, 3.05) is 5.33 Å². The molecule has 0 aliphatic heterocycles. The SMILES string of the molecule is Cc1ccccc1CC(CBr)Cc1ccccc1C. The van der Waals surface area contributed by atoms with E-state index in [0.29, 0.717) is 5.92 Å². The van der Waals surface area contributed by atoms with Crippen LogP contribution in [0, 0.1) is 19.8 Å². The van der Waals surface area contributed by atoms with Crippen LogP contribution in [0.25, 0.3) is 0 Å². The van der Waals surface area contributed by atoms with Gasteiger partial charge in [0.2, 0.25) is 0 Å². The molecule has 0 nitrogen and oxygen atoms in total. The highest BCUT2D eigenvalue weighted by Gasteiger charge is 2.11. The van der Waals surface area contributed by atoms with Gasteiger partial charge in [-0.1, -0.05) is 64.5 Å². The predicted molar refractivity (Wildman–Crippen MR) is 87.1 cm³/mol. The average Bonchev–Trinajstić information content (AvgIpc) is 2.42. The molecule has 1 heteroatoms. The zero-order chi connectivity index (χ0) is 13.7. The topological polar surface area (TPSA) is 0 Å². The molecule has 100 valence electrons. The molecule has 0 amide bonds. The molecule has 0 radical (unpaired) electrons. The first-order valence-electron chi connectivity index (χ1n) is 6.85. The molecule has 0 N–H and O–H groups in total. The Hall–Kier alpha value is -1.08. The minimum Gasteiger partial charge on any atom is -0.0925 e. The van der Waals surface area contributed by atoms with Crippen LogP contribution in [0.5, 0.6) is 0 Å². The minimum absolute atomic E-state index is 0.655. The van der Waals surface area contributed by atoms with Crippen molar-refractivity contribution in [2.24, 2.45) is 5.92 Å². The first kappa shape index (κ1) is 14.3. The molecule has 0 aliphatic rings. The monoisotopic (exact) mass is 316 g/mol. The second-order valence-electron chi connectivity index (χ2n) is 5.28. The Morgan fingerprint density at radius 1 is 0.789 bits per heavy atom. The highest BCUT2D eigenvalue weighted by atomic mass is 79.9. The van der Waals surface area contributed by atoms with Crippen LogP contribution >= 0.6 is 15.9 Å². The predicted octanol–water partition coefficient (Wildman–Crippen LogP) is 5.10. The fourth-order valence-corrected chi connectivity index (χ4v) is 2.94. The van der Waals surface area contributed by atoms with Gasteiger partial charge in [0.25, 0.3) is 0 Å². The maximum Gasteiger partial charge on any atom is 0.00660 e. The van der Waals surface area contributed by atoms with E-state index in [2.05, 4.69) is 78.3 Å². The van der Waals surface area contributed by atoms with Gasteiger partial charge in [-0.05, 0) is 54.9 Å². The Morgan fingerprint density at radius 3 is 1.58 bits per heavy atom. The lowest BCUT2D eigenvalue weighted by Gasteiger charge is -2.17. The van der Waals surface area contributed by atoms with Gasteiger partial charge in [0.15, 0.2) is 0 Å². The van der Waals surface area contributed by atoms with Crippen LogP contribution in [0.2, 0.25) is 0 Å². The molecular formula is C18H21Br. The highest BCUT2D eigenvalue weighted by molar-refractivity contribution is 9.09. The molecule has 0 saturated heterocycles. The summed E-state index contributed by atoms with van der Waals surface area (Å²) in [7, 11) is 0.